The minimum Gasteiger partial charge on any atom is -0.416 e. The van der Waals surface area contributed by atoms with Crippen LogP contribution in [-0.4, -0.2) is 27.5 Å². The van der Waals surface area contributed by atoms with Crippen molar-refractivity contribution in [3.05, 3.63) is 77.7 Å². The predicted octanol–water partition coefficient (Wildman–Crippen LogP) is 3.88. The third-order valence-corrected chi connectivity index (χ3v) is 5.30. The lowest BCUT2D eigenvalue weighted by Gasteiger charge is -2.15. The van der Waals surface area contributed by atoms with E-state index in [9.17, 15) is 4.79 Å². The number of hydrogen-bond donors (Lipinski definition) is 0. The highest BCUT2D eigenvalue weighted by atomic mass is 32.2. The molecule has 2 heterocycles. The summed E-state index contributed by atoms with van der Waals surface area (Å²) in [7, 11) is 0. The Hall–Kier alpha value is -2.60. The average molecular weight is 365 g/mol. The number of nitrogens with zero attached hydrogens (tertiary/aromatic N) is 3. The monoisotopic (exact) mass is 365 g/mol. The molecule has 5 nitrogen and oxygen atoms in total. The maximum Gasteiger partial charge on any atom is 0.276 e. The van der Waals surface area contributed by atoms with Crippen molar-refractivity contribution in [3.63, 3.8) is 0 Å². The largest absolute Gasteiger partial charge is 0.416 e. The van der Waals surface area contributed by atoms with Crippen LogP contribution in [0.3, 0.4) is 0 Å². The molecular formula is C20H19N3O2S. The van der Waals surface area contributed by atoms with Crippen LogP contribution in [0.5, 0.6) is 0 Å². The summed E-state index contributed by atoms with van der Waals surface area (Å²) >= 11 is 1.52. The highest BCUT2D eigenvalue weighted by molar-refractivity contribution is 7.98. The molecule has 0 aliphatic carbocycles. The molecule has 1 aliphatic heterocycles. The van der Waals surface area contributed by atoms with Crippen molar-refractivity contribution in [2.24, 2.45) is 0 Å². The molecule has 1 fully saturated rings. The van der Waals surface area contributed by atoms with E-state index in [1.807, 2.05) is 53.4 Å². The van der Waals surface area contributed by atoms with Gasteiger partial charge < -0.3 is 9.32 Å². The molecule has 0 N–H and O–H groups in total. The van der Waals surface area contributed by atoms with Gasteiger partial charge in [0.2, 0.25) is 11.8 Å². The van der Waals surface area contributed by atoms with E-state index < -0.39 is 0 Å². The van der Waals surface area contributed by atoms with Crippen molar-refractivity contribution < 1.29 is 9.21 Å². The first-order chi connectivity index (χ1) is 12.8. The quantitative estimate of drug-likeness (QED) is 0.621. The number of carbonyl (C=O) groups excluding carboxylic acids is 1. The third kappa shape index (κ3) is 3.96. The summed E-state index contributed by atoms with van der Waals surface area (Å²) in [5, 5.41) is 8.85. The van der Waals surface area contributed by atoms with Crippen LogP contribution in [0.25, 0.3) is 0 Å². The first kappa shape index (κ1) is 16.8. The van der Waals surface area contributed by atoms with E-state index in [4.69, 9.17) is 4.42 Å². The molecule has 6 heteroatoms. The predicted molar refractivity (Wildman–Crippen MR) is 99.5 cm³/mol. The Balaban J connectivity index is 1.36. The van der Waals surface area contributed by atoms with E-state index in [0.29, 0.717) is 30.6 Å². The van der Waals surface area contributed by atoms with Crippen molar-refractivity contribution in [3.8, 4) is 0 Å². The summed E-state index contributed by atoms with van der Waals surface area (Å²) in [6.45, 7) is 1.25. The van der Waals surface area contributed by atoms with E-state index in [2.05, 4.69) is 22.3 Å². The fourth-order valence-electron chi connectivity index (χ4n) is 3.06. The van der Waals surface area contributed by atoms with Gasteiger partial charge in [0.1, 0.15) is 0 Å². The molecule has 1 amide bonds. The van der Waals surface area contributed by atoms with Crippen LogP contribution in [0.1, 0.15) is 29.4 Å². The molecule has 0 radical (unpaired) electrons. The van der Waals surface area contributed by atoms with Crippen molar-refractivity contribution in [2.75, 3.05) is 6.54 Å². The lowest BCUT2D eigenvalue weighted by atomic mass is 10.1. The van der Waals surface area contributed by atoms with Crippen molar-refractivity contribution in [1.82, 2.24) is 15.1 Å². The van der Waals surface area contributed by atoms with Gasteiger partial charge in [0.25, 0.3) is 5.22 Å². The standard InChI is InChI=1S/C20H19N3O2S/c24-18-11-17(13-23(18)12-15-7-3-1-4-8-15)19-21-22-20(25-19)26-14-16-9-5-2-6-10-16/h1-10,17H,11-14H2. The summed E-state index contributed by atoms with van der Waals surface area (Å²) < 4.78 is 5.80. The Morgan fingerprint density at radius 3 is 2.42 bits per heavy atom. The Labute approximate surface area is 156 Å². The lowest BCUT2D eigenvalue weighted by Crippen LogP contribution is -2.24. The molecule has 4 rings (SSSR count). The van der Waals surface area contributed by atoms with Gasteiger partial charge in [-0.1, -0.05) is 72.4 Å². The average Bonchev–Trinajstić information content (AvgIpc) is 3.29. The normalized spacial score (nSPS) is 17.0. The van der Waals surface area contributed by atoms with Crippen molar-refractivity contribution in [1.29, 1.82) is 0 Å². The van der Waals surface area contributed by atoms with Crippen molar-refractivity contribution >= 4 is 17.7 Å². The van der Waals surface area contributed by atoms with E-state index in [1.54, 1.807) is 0 Å². The smallest absolute Gasteiger partial charge is 0.276 e. The molecule has 1 aromatic heterocycles. The van der Waals surface area contributed by atoms with Gasteiger partial charge in [0.15, 0.2) is 0 Å². The van der Waals surface area contributed by atoms with Gasteiger partial charge >= 0.3 is 0 Å². The first-order valence-electron chi connectivity index (χ1n) is 8.60. The highest BCUT2D eigenvalue weighted by Crippen LogP contribution is 2.30. The maximum atomic E-state index is 12.3. The Kier molecular flexibility index (Phi) is 5.02. The van der Waals surface area contributed by atoms with E-state index >= 15 is 0 Å². The Morgan fingerprint density at radius 2 is 1.69 bits per heavy atom. The Morgan fingerprint density at radius 1 is 1.00 bits per heavy atom. The van der Waals surface area contributed by atoms with Crippen molar-refractivity contribution in [2.45, 2.75) is 29.9 Å². The molecule has 0 saturated carbocycles. The Bertz CT molecular complexity index is 867. The summed E-state index contributed by atoms with van der Waals surface area (Å²) in [5.74, 6) is 1.46. The van der Waals surface area contributed by atoms with Gasteiger partial charge in [0, 0.05) is 25.3 Å². The van der Waals surface area contributed by atoms with E-state index in [-0.39, 0.29) is 11.8 Å². The molecule has 132 valence electrons. The van der Waals surface area contributed by atoms with Gasteiger partial charge in [-0.25, -0.2) is 0 Å². The number of benzene rings is 2. The van der Waals surface area contributed by atoms with Crippen LogP contribution in [0.2, 0.25) is 0 Å². The topological polar surface area (TPSA) is 59.2 Å². The second kappa shape index (κ2) is 7.74. The lowest BCUT2D eigenvalue weighted by molar-refractivity contribution is -0.128. The van der Waals surface area contributed by atoms with Crippen LogP contribution in [0.15, 0.2) is 70.3 Å². The van der Waals surface area contributed by atoms with Gasteiger partial charge in [-0.15, -0.1) is 10.2 Å². The van der Waals surface area contributed by atoms with Crippen LogP contribution >= 0.6 is 11.8 Å². The van der Waals surface area contributed by atoms with Crippen LogP contribution in [0, 0.1) is 0 Å². The molecule has 1 atom stereocenters. The van der Waals surface area contributed by atoms with E-state index in [0.717, 1.165) is 11.3 Å². The van der Waals surface area contributed by atoms with Gasteiger partial charge in [-0.3, -0.25) is 4.79 Å². The third-order valence-electron chi connectivity index (χ3n) is 4.41. The molecule has 26 heavy (non-hydrogen) atoms. The molecule has 1 unspecified atom stereocenters. The zero-order valence-electron chi connectivity index (χ0n) is 14.2. The fraction of sp³-hybridized carbons (Fsp3) is 0.250. The minimum absolute atomic E-state index is 0.0233. The summed E-state index contributed by atoms with van der Waals surface area (Å²) in [6, 6.07) is 20.2. The number of rotatable bonds is 6. The number of likely N-dealkylation sites (tertiary alicyclic amines) is 1. The minimum atomic E-state index is -0.0233. The number of aromatic nitrogens is 2. The van der Waals surface area contributed by atoms with Gasteiger partial charge in [0.05, 0.1) is 5.92 Å². The zero-order chi connectivity index (χ0) is 17.8. The zero-order valence-corrected chi connectivity index (χ0v) is 15.1. The van der Waals surface area contributed by atoms with Crippen LogP contribution < -0.4 is 0 Å². The number of carbonyl (C=O) groups is 1. The van der Waals surface area contributed by atoms with E-state index in [1.165, 1.54) is 17.3 Å². The first-order valence-corrected chi connectivity index (χ1v) is 9.58. The second-order valence-electron chi connectivity index (χ2n) is 6.34. The summed E-state index contributed by atoms with van der Waals surface area (Å²) in [6.07, 6.45) is 0.428. The molecule has 1 saturated heterocycles. The number of thioether (sulfide) groups is 1. The second-order valence-corrected chi connectivity index (χ2v) is 7.27. The SMILES string of the molecule is O=C1CC(c2nnc(SCc3ccccc3)o2)CN1Cc1ccccc1. The summed E-state index contributed by atoms with van der Waals surface area (Å²) in [4.78, 5) is 14.2. The fourth-order valence-corrected chi connectivity index (χ4v) is 3.78. The van der Waals surface area contributed by atoms with Crippen LogP contribution in [0.4, 0.5) is 0 Å². The molecule has 2 aromatic carbocycles. The molecule has 1 aliphatic rings. The van der Waals surface area contributed by atoms with Crippen LogP contribution in [-0.2, 0) is 17.1 Å². The van der Waals surface area contributed by atoms with Gasteiger partial charge in [-0.05, 0) is 11.1 Å². The molecule has 0 bridgehead atoms. The molecular weight excluding hydrogens is 346 g/mol. The maximum absolute atomic E-state index is 12.3. The number of amides is 1. The van der Waals surface area contributed by atoms with Gasteiger partial charge in [-0.2, -0.15) is 0 Å². The molecule has 0 spiro atoms. The highest BCUT2D eigenvalue weighted by Gasteiger charge is 2.34. The number of hydrogen-bond acceptors (Lipinski definition) is 5. The molecule has 3 aromatic rings. The summed E-state index contributed by atoms with van der Waals surface area (Å²) in [5.41, 5.74) is 2.34.